The molecule has 0 saturated heterocycles. The molecule has 2 aliphatic rings. The van der Waals surface area contributed by atoms with E-state index in [4.69, 9.17) is 9.47 Å². The standard InChI is InChI=1S/C15H18N4O4S/c1-22-10(20)4-9-7-16-15(21)14-11-12(23-3-2-19(9)11)13(24-14)8-5-17-18-6-8/h5-6,9,15-16,21H,2-4,7H2,1H3,(H,17,18)/t9-,15?/m1/s1. The minimum absolute atomic E-state index is 0.0946. The van der Waals surface area contributed by atoms with Crippen molar-refractivity contribution >= 4 is 23.0 Å². The molecule has 1 unspecified atom stereocenters. The molecule has 0 radical (unpaired) electrons. The number of aliphatic hydroxyl groups is 1. The van der Waals surface area contributed by atoms with Crippen molar-refractivity contribution in [2.45, 2.75) is 18.7 Å². The topological polar surface area (TPSA) is 99.7 Å². The maximum Gasteiger partial charge on any atom is 0.307 e. The van der Waals surface area contributed by atoms with Crippen LogP contribution in [0.3, 0.4) is 0 Å². The normalized spacial score (nSPS) is 22.5. The summed E-state index contributed by atoms with van der Waals surface area (Å²) in [6.07, 6.45) is 2.99. The van der Waals surface area contributed by atoms with Gasteiger partial charge in [0.1, 0.15) is 12.8 Å². The molecule has 4 rings (SSSR count). The largest absolute Gasteiger partial charge is 0.488 e. The van der Waals surface area contributed by atoms with Crippen LogP contribution >= 0.6 is 11.3 Å². The number of nitrogens with zero attached hydrogens (tertiary/aromatic N) is 2. The van der Waals surface area contributed by atoms with Crippen LogP contribution in [0, 0.1) is 0 Å². The number of aromatic nitrogens is 2. The molecule has 24 heavy (non-hydrogen) atoms. The second-order valence-corrected chi connectivity index (χ2v) is 6.80. The Balaban J connectivity index is 1.79. The first-order chi connectivity index (χ1) is 11.7. The molecule has 0 saturated carbocycles. The second kappa shape index (κ2) is 6.08. The number of hydrogen-bond donors (Lipinski definition) is 3. The summed E-state index contributed by atoms with van der Waals surface area (Å²) in [7, 11) is 1.39. The van der Waals surface area contributed by atoms with Crippen LogP contribution in [0.2, 0.25) is 0 Å². The Hall–Kier alpha value is -2.10. The summed E-state index contributed by atoms with van der Waals surface area (Å²) in [6.45, 7) is 1.69. The van der Waals surface area contributed by atoms with E-state index in [1.54, 1.807) is 12.4 Å². The van der Waals surface area contributed by atoms with Crippen molar-refractivity contribution in [3.05, 3.63) is 17.3 Å². The Kier molecular flexibility index (Phi) is 3.91. The molecule has 2 aliphatic heterocycles. The fourth-order valence-electron chi connectivity index (χ4n) is 3.21. The quantitative estimate of drug-likeness (QED) is 0.706. The lowest BCUT2D eigenvalue weighted by Gasteiger charge is -2.35. The number of esters is 1. The molecule has 0 bridgehead atoms. The van der Waals surface area contributed by atoms with Gasteiger partial charge in [0.15, 0.2) is 5.75 Å². The number of carbonyl (C=O) groups excluding carboxylic acids is 1. The SMILES string of the molecule is COC(=O)C[C@@H]1CNC(O)c2sc(-c3cn[nH]c3)c3c2N1CCO3. The molecule has 4 heterocycles. The zero-order valence-corrected chi connectivity index (χ0v) is 13.9. The van der Waals surface area contributed by atoms with E-state index in [-0.39, 0.29) is 18.4 Å². The van der Waals surface area contributed by atoms with Crippen LogP contribution in [0.1, 0.15) is 17.5 Å². The zero-order valence-electron chi connectivity index (χ0n) is 13.1. The molecule has 0 spiro atoms. The number of anilines is 1. The van der Waals surface area contributed by atoms with Crippen LogP contribution in [-0.4, -0.2) is 54.1 Å². The van der Waals surface area contributed by atoms with E-state index in [2.05, 4.69) is 20.4 Å². The Morgan fingerprint density at radius 3 is 3.25 bits per heavy atom. The molecule has 0 aliphatic carbocycles. The van der Waals surface area contributed by atoms with E-state index in [1.165, 1.54) is 18.4 Å². The summed E-state index contributed by atoms with van der Waals surface area (Å²) in [4.78, 5) is 15.6. The van der Waals surface area contributed by atoms with Crippen molar-refractivity contribution in [2.75, 3.05) is 31.7 Å². The Morgan fingerprint density at radius 2 is 2.50 bits per heavy atom. The highest BCUT2D eigenvalue weighted by molar-refractivity contribution is 7.16. The molecule has 9 heteroatoms. The van der Waals surface area contributed by atoms with Gasteiger partial charge in [0.2, 0.25) is 0 Å². The summed E-state index contributed by atoms with van der Waals surface area (Å²) in [5.41, 5.74) is 1.79. The number of aromatic amines is 1. The van der Waals surface area contributed by atoms with E-state index >= 15 is 0 Å². The summed E-state index contributed by atoms with van der Waals surface area (Å²) in [5, 5.41) is 20.4. The van der Waals surface area contributed by atoms with Gasteiger partial charge in [-0.2, -0.15) is 5.10 Å². The van der Waals surface area contributed by atoms with E-state index in [9.17, 15) is 9.90 Å². The van der Waals surface area contributed by atoms with Crippen LogP contribution in [0.5, 0.6) is 5.75 Å². The van der Waals surface area contributed by atoms with Gasteiger partial charge in [-0.25, -0.2) is 0 Å². The molecule has 128 valence electrons. The fourth-order valence-corrected chi connectivity index (χ4v) is 4.41. The third kappa shape index (κ3) is 2.45. The van der Waals surface area contributed by atoms with Crippen LogP contribution in [0.15, 0.2) is 12.4 Å². The summed E-state index contributed by atoms with van der Waals surface area (Å²) < 4.78 is 10.7. The number of H-pyrrole nitrogens is 1. The first-order valence-electron chi connectivity index (χ1n) is 7.72. The number of nitrogens with one attached hydrogen (secondary N) is 2. The van der Waals surface area contributed by atoms with Crippen molar-refractivity contribution < 1.29 is 19.4 Å². The molecular weight excluding hydrogens is 332 g/mol. The van der Waals surface area contributed by atoms with Crippen LogP contribution in [0.25, 0.3) is 10.4 Å². The number of thiophene rings is 1. The van der Waals surface area contributed by atoms with E-state index < -0.39 is 6.23 Å². The highest BCUT2D eigenvalue weighted by Gasteiger charge is 2.38. The average molecular weight is 350 g/mol. The van der Waals surface area contributed by atoms with E-state index in [1.807, 2.05) is 0 Å². The lowest BCUT2D eigenvalue weighted by Crippen LogP contribution is -2.45. The van der Waals surface area contributed by atoms with Gasteiger partial charge in [0.05, 0.1) is 47.8 Å². The number of rotatable bonds is 3. The summed E-state index contributed by atoms with van der Waals surface area (Å²) >= 11 is 1.48. The maximum absolute atomic E-state index is 11.8. The zero-order chi connectivity index (χ0) is 16.7. The molecule has 2 atom stereocenters. The Morgan fingerprint density at radius 1 is 1.62 bits per heavy atom. The van der Waals surface area contributed by atoms with Gasteiger partial charge < -0.3 is 19.5 Å². The minimum Gasteiger partial charge on any atom is -0.488 e. The number of carbonyl (C=O) groups is 1. The average Bonchev–Trinajstić information content (AvgIpc) is 3.22. The molecule has 8 nitrogen and oxygen atoms in total. The van der Waals surface area contributed by atoms with E-state index in [0.29, 0.717) is 19.7 Å². The Labute approximate surface area is 142 Å². The monoisotopic (exact) mass is 350 g/mol. The number of aliphatic hydroxyl groups excluding tert-OH is 1. The van der Waals surface area contributed by atoms with Crippen molar-refractivity contribution in [3.63, 3.8) is 0 Å². The lowest BCUT2D eigenvalue weighted by molar-refractivity contribution is -0.141. The molecule has 2 aromatic heterocycles. The van der Waals surface area contributed by atoms with Crippen LogP contribution in [0.4, 0.5) is 5.69 Å². The van der Waals surface area contributed by atoms with Gasteiger partial charge in [0, 0.05) is 18.3 Å². The number of hydrogen-bond acceptors (Lipinski definition) is 8. The van der Waals surface area contributed by atoms with Gasteiger partial charge >= 0.3 is 5.97 Å². The third-order valence-corrected chi connectivity index (χ3v) is 5.62. The number of methoxy groups -OCH3 is 1. The predicted molar refractivity (Wildman–Crippen MR) is 88.1 cm³/mol. The molecule has 2 aromatic rings. The maximum atomic E-state index is 11.8. The van der Waals surface area contributed by atoms with Crippen LogP contribution in [-0.2, 0) is 9.53 Å². The second-order valence-electron chi connectivity index (χ2n) is 5.75. The first-order valence-corrected chi connectivity index (χ1v) is 8.54. The van der Waals surface area contributed by atoms with Gasteiger partial charge in [-0.1, -0.05) is 0 Å². The van der Waals surface area contributed by atoms with Crippen molar-refractivity contribution in [1.82, 2.24) is 15.5 Å². The summed E-state index contributed by atoms with van der Waals surface area (Å²) in [5.74, 6) is 0.485. The molecule has 3 N–H and O–H groups in total. The molecule has 0 amide bonds. The van der Waals surface area contributed by atoms with E-state index in [0.717, 1.165) is 26.8 Å². The molecular formula is C15H18N4O4S. The highest BCUT2D eigenvalue weighted by atomic mass is 32.1. The van der Waals surface area contributed by atoms with Crippen LogP contribution < -0.4 is 15.0 Å². The molecule has 0 fully saturated rings. The van der Waals surface area contributed by atoms with Gasteiger partial charge in [-0.15, -0.1) is 11.3 Å². The van der Waals surface area contributed by atoms with Gasteiger partial charge in [0.25, 0.3) is 0 Å². The minimum atomic E-state index is -0.795. The van der Waals surface area contributed by atoms with Crippen molar-refractivity contribution in [3.8, 4) is 16.2 Å². The molecule has 0 aromatic carbocycles. The highest BCUT2D eigenvalue weighted by Crippen LogP contribution is 2.52. The lowest BCUT2D eigenvalue weighted by atomic mass is 10.1. The van der Waals surface area contributed by atoms with Crippen molar-refractivity contribution in [2.24, 2.45) is 0 Å². The third-order valence-electron chi connectivity index (χ3n) is 4.36. The fraction of sp³-hybridized carbons (Fsp3) is 0.467. The Bertz CT molecular complexity index is 745. The first kappa shape index (κ1) is 15.4. The van der Waals surface area contributed by atoms with Gasteiger partial charge in [-0.3, -0.25) is 15.2 Å². The van der Waals surface area contributed by atoms with Gasteiger partial charge in [-0.05, 0) is 0 Å². The smallest absolute Gasteiger partial charge is 0.307 e. The van der Waals surface area contributed by atoms with Crippen molar-refractivity contribution in [1.29, 1.82) is 0 Å². The number of ether oxygens (including phenoxy) is 2. The summed E-state index contributed by atoms with van der Waals surface area (Å²) in [6, 6.07) is -0.0946. The predicted octanol–water partition coefficient (Wildman–Crippen LogP) is 0.863.